The zero-order valence-electron chi connectivity index (χ0n) is 24.2. The number of nitrogens with one attached hydrogen (secondary N) is 2. The highest BCUT2D eigenvalue weighted by Crippen LogP contribution is 2.35. The molecule has 4 rings (SSSR count). The van der Waals surface area contributed by atoms with Crippen LogP contribution >= 0.6 is 0 Å². The minimum atomic E-state index is -4.70. The van der Waals surface area contributed by atoms with E-state index in [9.17, 15) is 22.8 Å². The fraction of sp³-hybridized carbons (Fsp3) is 0.429. The molecule has 4 N–H and O–H groups in total. The molecule has 0 aliphatic carbocycles. The van der Waals surface area contributed by atoms with E-state index < -0.39 is 40.6 Å². The Morgan fingerprint density at radius 2 is 1.74 bits per heavy atom. The summed E-state index contributed by atoms with van der Waals surface area (Å²) in [6.07, 6.45) is -0.524. The molecule has 1 aliphatic heterocycles. The number of carbonyl (C=O) groups excluding carboxylic acids is 2. The summed E-state index contributed by atoms with van der Waals surface area (Å²) < 4.78 is 51.5. The Labute approximate surface area is 246 Å². The van der Waals surface area contributed by atoms with Crippen molar-refractivity contribution in [3.05, 3.63) is 54.1 Å². The smallest absolute Gasteiger partial charge is 0.418 e. The number of nitrogens with zero attached hydrogens (tertiary/aromatic N) is 5. The quantitative estimate of drug-likeness (QED) is 0.356. The van der Waals surface area contributed by atoms with Gasteiger partial charge in [0.25, 0.3) is 5.91 Å². The summed E-state index contributed by atoms with van der Waals surface area (Å²) in [5.74, 6) is -0.903. The molecule has 0 bridgehead atoms. The number of halogens is 3. The highest BCUT2D eigenvalue weighted by molar-refractivity contribution is 6.06. The fourth-order valence-electron chi connectivity index (χ4n) is 4.71. The van der Waals surface area contributed by atoms with Gasteiger partial charge in [0.05, 0.1) is 29.6 Å². The number of aromatic nitrogens is 4. The van der Waals surface area contributed by atoms with Crippen LogP contribution in [0.4, 0.5) is 35.3 Å². The summed E-state index contributed by atoms with van der Waals surface area (Å²) in [5, 5.41) is 5.63. The Kier molecular flexibility index (Phi) is 9.04. The summed E-state index contributed by atoms with van der Waals surface area (Å²) in [5.41, 5.74) is 3.01. The summed E-state index contributed by atoms with van der Waals surface area (Å²) in [7, 11) is 1.56. The topological polar surface area (TPSA) is 157 Å². The van der Waals surface area contributed by atoms with E-state index in [1.165, 1.54) is 12.4 Å². The molecule has 15 heteroatoms. The van der Waals surface area contributed by atoms with Gasteiger partial charge in [-0.1, -0.05) is 0 Å². The van der Waals surface area contributed by atoms with Gasteiger partial charge < -0.3 is 30.7 Å². The maximum Gasteiger partial charge on any atom is 0.418 e. The minimum Gasteiger partial charge on any atom is -0.444 e. The molecule has 1 aliphatic rings. The molecule has 3 aromatic rings. The standard InChI is InChI=1S/C28H33F3N8O4/c1-26(2,3)43-25(41)38-27(16-42-4)9-13-39(14-10-27)19-8-6-12-34-23(19)37-24(40)21-22(32)35-15-18(36-21)20-17(28(29,30)31)7-5-11-33-20/h5-8,11-12,15H,9-10,13-14,16H2,1-4H3,(H2,32,35)(H,38,41)(H,34,37,40). The monoisotopic (exact) mass is 602 g/mol. The number of carbonyl (C=O) groups is 2. The zero-order valence-corrected chi connectivity index (χ0v) is 24.2. The first-order valence-corrected chi connectivity index (χ1v) is 13.4. The number of pyridine rings is 2. The number of alkyl halides is 3. The van der Waals surface area contributed by atoms with Gasteiger partial charge in [0, 0.05) is 32.6 Å². The average Bonchev–Trinajstić information content (AvgIpc) is 2.93. The molecule has 12 nitrogen and oxygen atoms in total. The molecule has 4 heterocycles. The molecule has 0 spiro atoms. The van der Waals surface area contributed by atoms with Crippen molar-refractivity contribution in [2.24, 2.45) is 0 Å². The Morgan fingerprint density at radius 1 is 1.07 bits per heavy atom. The lowest BCUT2D eigenvalue weighted by molar-refractivity contribution is -0.137. The van der Waals surface area contributed by atoms with Crippen molar-refractivity contribution >= 4 is 29.3 Å². The Bertz CT molecular complexity index is 1470. The second-order valence-corrected chi connectivity index (χ2v) is 11.0. The fourth-order valence-corrected chi connectivity index (χ4v) is 4.71. The number of ether oxygens (including phenoxy) is 2. The van der Waals surface area contributed by atoms with Crippen LogP contribution in [0.1, 0.15) is 49.7 Å². The van der Waals surface area contributed by atoms with Crippen LogP contribution in [0.3, 0.4) is 0 Å². The minimum absolute atomic E-state index is 0.187. The molecule has 1 saturated heterocycles. The van der Waals surface area contributed by atoms with Crippen molar-refractivity contribution < 1.29 is 32.2 Å². The Morgan fingerprint density at radius 3 is 2.40 bits per heavy atom. The van der Waals surface area contributed by atoms with E-state index >= 15 is 0 Å². The SMILES string of the molecule is COCC1(NC(=O)OC(C)(C)C)CCN(c2cccnc2NC(=O)c2nc(-c3ncccc3C(F)(F)F)cnc2N)CC1. The lowest BCUT2D eigenvalue weighted by atomic mass is 9.88. The van der Waals surface area contributed by atoms with Gasteiger partial charge in [-0.15, -0.1) is 0 Å². The van der Waals surface area contributed by atoms with Crippen molar-refractivity contribution in [1.82, 2.24) is 25.3 Å². The maximum absolute atomic E-state index is 13.6. The molecule has 43 heavy (non-hydrogen) atoms. The average molecular weight is 603 g/mol. The van der Waals surface area contributed by atoms with E-state index in [1.807, 2.05) is 4.90 Å². The molecule has 0 aromatic carbocycles. The van der Waals surface area contributed by atoms with E-state index in [1.54, 1.807) is 40.0 Å². The van der Waals surface area contributed by atoms with Gasteiger partial charge in [-0.2, -0.15) is 13.2 Å². The maximum atomic E-state index is 13.6. The third-order valence-corrected chi connectivity index (χ3v) is 6.64. The second-order valence-electron chi connectivity index (χ2n) is 11.0. The van der Waals surface area contributed by atoms with Gasteiger partial charge >= 0.3 is 12.3 Å². The highest BCUT2D eigenvalue weighted by atomic mass is 19.4. The third kappa shape index (κ3) is 7.66. The van der Waals surface area contributed by atoms with Gasteiger partial charge in [0.2, 0.25) is 0 Å². The number of methoxy groups -OCH3 is 1. The second kappa shape index (κ2) is 12.4. The van der Waals surface area contributed by atoms with E-state index in [0.717, 1.165) is 18.3 Å². The predicted octanol–water partition coefficient (Wildman–Crippen LogP) is 4.30. The number of hydrogen-bond acceptors (Lipinski definition) is 10. The van der Waals surface area contributed by atoms with Crippen molar-refractivity contribution in [2.75, 3.05) is 42.8 Å². The molecule has 2 amide bonds. The van der Waals surface area contributed by atoms with Gasteiger partial charge in [0.15, 0.2) is 17.3 Å². The molecule has 0 radical (unpaired) electrons. The first-order valence-electron chi connectivity index (χ1n) is 13.4. The van der Waals surface area contributed by atoms with E-state index in [2.05, 4.69) is 30.6 Å². The lowest BCUT2D eigenvalue weighted by Gasteiger charge is -2.43. The summed E-state index contributed by atoms with van der Waals surface area (Å²) >= 11 is 0. The van der Waals surface area contributed by atoms with Gasteiger partial charge in [-0.25, -0.2) is 19.7 Å². The molecular weight excluding hydrogens is 569 g/mol. The van der Waals surface area contributed by atoms with Crippen LogP contribution in [0, 0.1) is 0 Å². The number of nitrogens with two attached hydrogens (primary N) is 1. The summed E-state index contributed by atoms with van der Waals surface area (Å²) in [4.78, 5) is 43.9. The van der Waals surface area contributed by atoms with Crippen molar-refractivity contribution in [3.8, 4) is 11.4 Å². The number of piperidine rings is 1. The molecule has 0 atom stereocenters. The van der Waals surface area contributed by atoms with E-state index in [-0.39, 0.29) is 29.6 Å². The van der Waals surface area contributed by atoms with Crippen LogP contribution in [0.5, 0.6) is 0 Å². The van der Waals surface area contributed by atoms with Crippen LogP contribution < -0.4 is 21.3 Å². The van der Waals surface area contributed by atoms with Crippen molar-refractivity contribution in [1.29, 1.82) is 0 Å². The Balaban J connectivity index is 1.53. The van der Waals surface area contributed by atoms with Gasteiger partial charge in [0.1, 0.15) is 17.0 Å². The molecule has 0 unspecified atom stereocenters. The number of anilines is 3. The van der Waals surface area contributed by atoms with Crippen molar-refractivity contribution in [2.45, 2.75) is 50.9 Å². The predicted molar refractivity (Wildman–Crippen MR) is 152 cm³/mol. The van der Waals surface area contributed by atoms with Crippen LogP contribution in [0.25, 0.3) is 11.4 Å². The summed E-state index contributed by atoms with van der Waals surface area (Å²) in [6.45, 7) is 6.58. The highest BCUT2D eigenvalue weighted by Gasteiger charge is 2.38. The first-order chi connectivity index (χ1) is 20.2. The first kappa shape index (κ1) is 31.4. The number of nitrogen functional groups attached to an aromatic ring is 1. The molecule has 1 fully saturated rings. The normalized spacial score (nSPS) is 15.1. The number of amides is 2. The van der Waals surface area contributed by atoms with Gasteiger partial charge in [-0.05, 0) is 57.9 Å². The van der Waals surface area contributed by atoms with Crippen LogP contribution in [0.15, 0.2) is 42.9 Å². The van der Waals surface area contributed by atoms with Crippen molar-refractivity contribution in [3.63, 3.8) is 0 Å². The lowest BCUT2D eigenvalue weighted by Crippen LogP contribution is -2.58. The number of alkyl carbamates (subject to hydrolysis) is 1. The van der Waals surface area contributed by atoms with E-state index in [0.29, 0.717) is 31.6 Å². The molecule has 3 aromatic heterocycles. The molecular formula is C28H33F3N8O4. The van der Waals surface area contributed by atoms with Crippen LogP contribution in [0.2, 0.25) is 0 Å². The van der Waals surface area contributed by atoms with E-state index in [4.69, 9.17) is 15.2 Å². The molecule has 230 valence electrons. The number of rotatable bonds is 7. The van der Waals surface area contributed by atoms with Crippen LogP contribution in [-0.2, 0) is 15.7 Å². The Hall–Kier alpha value is -4.53. The summed E-state index contributed by atoms with van der Waals surface area (Å²) in [6, 6.07) is 5.49. The zero-order chi connectivity index (χ0) is 31.4. The number of hydrogen-bond donors (Lipinski definition) is 3. The van der Waals surface area contributed by atoms with Gasteiger partial charge in [-0.3, -0.25) is 9.78 Å². The third-order valence-electron chi connectivity index (χ3n) is 6.64. The van der Waals surface area contributed by atoms with Crippen LogP contribution in [-0.4, -0.2) is 69.9 Å². The molecule has 0 saturated carbocycles. The largest absolute Gasteiger partial charge is 0.444 e.